The van der Waals surface area contributed by atoms with Crippen LogP contribution in [0, 0.1) is 0 Å². The molecule has 0 radical (unpaired) electrons. The molecular formula is C20H21N5O2S. The van der Waals surface area contributed by atoms with Crippen molar-refractivity contribution in [3.8, 4) is 0 Å². The molecule has 1 unspecified atom stereocenters. The van der Waals surface area contributed by atoms with Crippen molar-refractivity contribution in [2.24, 2.45) is 0 Å². The Kier molecular flexibility index (Phi) is 4.95. The maximum Gasteiger partial charge on any atom is 0.272 e. The third-order valence-electron chi connectivity index (χ3n) is 4.85. The van der Waals surface area contributed by atoms with Crippen molar-refractivity contribution < 1.29 is 4.79 Å². The van der Waals surface area contributed by atoms with Gasteiger partial charge in [0, 0.05) is 19.4 Å². The molecule has 1 atom stereocenters. The topological polar surface area (TPSA) is 81.3 Å². The van der Waals surface area contributed by atoms with Crippen LogP contribution in [0.15, 0.2) is 46.6 Å². The van der Waals surface area contributed by atoms with Crippen LogP contribution < -0.4 is 10.9 Å². The molecule has 28 heavy (non-hydrogen) atoms. The van der Waals surface area contributed by atoms with Crippen molar-refractivity contribution >= 4 is 33.2 Å². The third kappa shape index (κ3) is 3.20. The SMILES string of the molecule is CCn1c(=O)c2sccc2n2c(CCC(=O)NC(C)c3ccccc3)nnc12. The van der Waals surface area contributed by atoms with Crippen LogP contribution in [-0.2, 0) is 17.8 Å². The number of carbonyl (C=O) groups is 1. The van der Waals surface area contributed by atoms with Crippen molar-refractivity contribution in [2.45, 2.75) is 39.3 Å². The van der Waals surface area contributed by atoms with Gasteiger partial charge in [-0.2, -0.15) is 0 Å². The third-order valence-corrected chi connectivity index (χ3v) is 5.74. The van der Waals surface area contributed by atoms with E-state index < -0.39 is 0 Å². The van der Waals surface area contributed by atoms with Crippen molar-refractivity contribution in [1.29, 1.82) is 0 Å². The lowest BCUT2D eigenvalue weighted by atomic mass is 10.1. The Balaban J connectivity index is 1.56. The molecule has 4 aromatic rings. The van der Waals surface area contributed by atoms with Gasteiger partial charge in [-0.1, -0.05) is 30.3 Å². The molecule has 144 valence electrons. The number of nitrogens with zero attached hydrogens (tertiary/aromatic N) is 4. The number of carbonyl (C=O) groups excluding carboxylic acids is 1. The lowest BCUT2D eigenvalue weighted by molar-refractivity contribution is -0.121. The van der Waals surface area contributed by atoms with E-state index in [4.69, 9.17) is 0 Å². The van der Waals surface area contributed by atoms with E-state index in [1.807, 2.05) is 60.0 Å². The Hall–Kier alpha value is -3.00. The van der Waals surface area contributed by atoms with E-state index in [2.05, 4.69) is 15.5 Å². The molecular weight excluding hydrogens is 374 g/mol. The minimum absolute atomic E-state index is 0.0431. The predicted molar refractivity (Wildman–Crippen MR) is 110 cm³/mol. The highest BCUT2D eigenvalue weighted by molar-refractivity contribution is 7.17. The second-order valence-electron chi connectivity index (χ2n) is 6.64. The van der Waals surface area contributed by atoms with Crippen LogP contribution in [0.4, 0.5) is 0 Å². The van der Waals surface area contributed by atoms with Gasteiger partial charge in [-0.25, -0.2) is 0 Å². The first-order chi connectivity index (χ1) is 13.6. The molecule has 0 spiro atoms. The summed E-state index contributed by atoms with van der Waals surface area (Å²) >= 11 is 1.41. The number of hydrogen-bond donors (Lipinski definition) is 1. The summed E-state index contributed by atoms with van der Waals surface area (Å²) in [6, 6.07) is 11.7. The molecule has 1 amide bonds. The molecule has 0 aliphatic carbocycles. The van der Waals surface area contributed by atoms with Crippen LogP contribution in [0.3, 0.4) is 0 Å². The van der Waals surface area contributed by atoms with Crippen molar-refractivity contribution in [3.63, 3.8) is 0 Å². The molecule has 1 N–H and O–H groups in total. The fourth-order valence-electron chi connectivity index (χ4n) is 3.39. The number of aryl methyl sites for hydroxylation is 2. The second kappa shape index (κ2) is 7.55. The van der Waals surface area contributed by atoms with Gasteiger partial charge in [0.05, 0.1) is 11.6 Å². The average molecular weight is 395 g/mol. The molecule has 0 aliphatic rings. The number of fused-ring (bicyclic) bond motifs is 3. The largest absolute Gasteiger partial charge is 0.350 e. The molecule has 7 nitrogen and oxygen atoms in total. The molecule has 0 bridgehead atoms. The lowest BCUT2D eigenvalue weighted by Gasteiger charge is -2.14. The van der Waals surface area contributed by atoms with Crippen LogP contribution in [0.5, 0.6) is 0 Å². The van der Waals surface area contributed by atoms with Crippen LogP contribution in [0.25, 0.3) is 16.0 Å². The Morgan fingerprint density at radius 3 is 2.75 bits per heavy atom. The van der Waals surface area contributed by atoms with Gasteiger partial charge in [0.1, 0.15) is 10.5 Å². The second-order valence-corrected chi connectivity index (χ2v) is 7.55. The molecule has 8 heteroatoms. The molecule has 3 heterocycles. The van der Waals surface area contributed by atoms with E-state index in [1.54, 1.807) is 4.57 Å². The fourth-order valence-corrected chi connectivity index (χ4v) is 4.22. The number of aromatic nitrogens is 4. The predicted octanol–water partition coefficient (Wildman–Crippen LogP) is 2.94. The summed E-state index contributed by atoms with van der Waals surface area (Å²) in [6.07, 6.45) is 0.746. The van der Waals surface area contributed by atoms with Crippen LogP contribution in [0.2, 0.25) is 0 Å². The Morgan fingerprint density at radius 2 is 2.00 bits per heavy atom. The van der Waals surface area contributed by atoms with Gasteiger partial charge in [0.25, 0.3) is 5.56 Å². The van der Waals surface area contributed by atoms with E-state index in [0.717, 1.165) is 11.1 Å². The first-order valence-corrected chi connectivity index (χ1v) is 10.2. The van der Waals surface area contributed by atoms with Crippen LogP contribution in [-0.4, -0.2) is 25.1 Å². The zero-order valence-corrected chi connectivity index (χ0v) is 16.6. The van der Waals surface area contributed by atoms with E-state index in [-0.39, 0.29) is 17.5 Å². The van der Waals surface area contributed by atoms with Gasteiger partial charge in [0.2, 0.25) is 11.7 Å². The molecule has 0 fully saturated rings. The average Bonchev–Trinajstić information content (AvgIpc) is 3.34. The lowest BCUT2D eigenvalue weighted by Crippen LogP contribution is -2.27. The normalized spacial score (nSPS) is 12.5. The number of rotatable bonds is 6. The minimum atomic E-state index is -0.0577. The Morgan fingerprint density at radius 1 is 1.21 bits per heavy atom. The summed E-state index contributed by atoms with van der Waals surface area (Å²) in [5.74, 6) is 1.16. The molecule has 3 aromatic heterocycles. The quantitative estimate of drug-likeness (QED) is 0.544. The summed E-state index contributed by atoms with van der Waals surface area (Å²) in [5.41, 5.74) is 1.82. The van der Waals surface area contributed by atoms with E-state index in [9.17, 15) is 9.59 Å². The highest BCUT2D eigenvalue weighted by atomic mass is 32.1. The fraction of sp³-hybridized carbons (Fsp3) is 0.300. The Labute approximate surface area is 165 Å². The summed E-state index contributed by atoms with van der Waals surface area (Å²) in [6.45, 7) is 4.39. The number of amides is 1. The van der Waals surface area contributed by atoms with Crippen LogP contribution in [0.1, 0.15) is 37.7 Å². The number of benzene rings is 1. The summed E-state index contributed by atoms with van der Waals surface area (Å²) in [5, 5.41) is 13.4. The number of hydrogen-bond acceptors (Lipinski definition) is 5. The first kappa shape index (κ1) is 18.4. The number of nitrogens with one attached hydrogen (secondary N) is 1. The van der Waals surface area contributed by atoms with Gasteiger partial charge in [-0.05, 0) is 30.9 Å². The van der Waals surface area contributed by atoms with Crippen LogP contribution >= 0.6 is 11.3 Å². The highest BCUT2D eigenvalue weighted by Crippen LogP contribution is 2.20. The monoisotopic (exact) mass is 395 g/mol. The van der Waals surface area contributed by atoms with Gasteiger partial charge in [0.15, 0.2) is 0 Å². The van der Waals surface area contributed by atoms with E-state index in [1.165, 1.54) is 11.3 Å². The molecule has 4 rings (SSSR count). The standard InChI is InChI=1S/C20H21N5O2S/c1-3-24-19(27)18-15(11-12-28-18)25-16(22-23-20(24)25)9-10-17(26)21-13(2)14-7-5-4-6-8-14/h4-8,11-13H,3,9-10H2,1-2H3,(H,21,26). The maximum absolute atomic E-state index is 12.6. The summed E-state index contributed by atoms with van der Waals surface area (Å²) in [4.78, 5) is 25.0. The molecule has 0 saturated carbocycles. The molecule has 1 aromatic carbocycles. The van der Waals surface area contributed by atoms with E-state index in [0.29, 0.717) is 35.7 Å². The van der Waals surface area contributed by atoms with Gasteiger partial charge in [-0.15, -0.1) is 21.5 Å². The van der Waals surface area contributed by atoms with Crippen molar-refractivity contribution in [3.05, 3.63) is 63.5 Å². The first-order valence-electron chi connectivity index (χ1n) is 9.28. The van der Waals surface area contributed by atoms with Gasteiger partial charge >= 0.3 is 0 Å². The van der Waals surface area contributed by atoms with Crippen molar-refractivity contribution in [1.82, 2.24) is 24.5 Å². The zero-order valence-electron chi connectivity index (χ0n) is 15.8. The van der Waals surface area contributed by atoms with Gasteiger partial charge < -0.3 is 5.32 Å². The summed E-state index contributed by atoms with van der Waals surface area (Å²) < 4.78 is 4.19. The van der Waals surface area contributed by atoms with Crippen molar-refractivity contribution in [2.75, 3.05) is 0 Å². The molecule has 0 aliphatic heterocycles. The number of thiophene rings is 1. The summed E-state index contributed by atoms with van der Waals surface area (Å²) in [7, 11) is 0. The molecule has 0 saturated heterocycles. The smallest absolute Gasteiger partial charge is 0.272 e. The van der Waals surface area contributed by atoms with Gasteiger partial charge in [-0.3, -0.25) is 18.6 Å². The maximum atomic E-state index is 12.6. The van der Waals surface area contributed by atoms with E-state index >= 15 is 0 Å². The minimum Gasteiger partial charge on any atom is -0.350 e. The Bertz CT molecular complexity index is 1190. The highest BCUT2D eigenvalue weighted by Gasteiger charge is 2.17. The zero-order chi connectivity index (χ0) is 19.7.